The van der Waals surface area contributed by atoms with E-state index < -0.39 is 0 Å². The Morgan fingerprint density at radius 2 is 1.38 bits per heavy atom. The van der Waals surface area contributed by atoms with Crippen molar-refractivity contribution in [1.82, 2.24) is 10.6 Å². The van der Waals surface area contributed by atoms with Crippen molar-refractivity contribution in [1.29, 1.82) is 0 Å². The molecule has 2 N–H and O–H groups in total. The van der Waals surface area contributed by atoms with E-state index in [0.29, 0.717) is 0 Å². The zero-order valence-corrected chi connectivity index (χ0v) is 9.91. The molecular formula is C11H24N2. The molecule has 1 aliphatic heterocycles. The van der Waals surface area contributed by atoms with Crippen molar-refractivity contribution in [2.24, 2.45) is 10.8 Å². The van der Waals surface area contributed by atoms with E-state index in [2.05, 4.69) is 52.2 Å². The zero-order valence-electron chi connectivity index (χ0n) is 9.91. The maximum absolute atomic E-state index is 3.64. The fourth-order valence-corrected chi connectivity index (χ4v) is 2.71. The van der Waals surface area contributed by atoms with Crippen LogP contribution in [0.1, 0.15) is 41.5 Å². The van der Waals surface area contributed by atoms with E-state index in [0.717, 1.165) is 13.2 Å². The highest BCUT2D eigenvalue weighted by atomic mass is 15.2. The Balaban J connectivity index is 3.02. The maximum atomic E-state index is 3.64. The third-order valence-electron chi connectivity index (χ3n) is 3.47. The van der Waals surface area contributed by atoms with Crippen LogP contribution >= 0.6 is 0 Å². The van der Waals surface area contributed by atoms with E-state index in [1.165, 1.54) is 0 Å². The Hall–Kier alpha value is -0.0800. The Morgan fingerprint density at radius 3 is 1.54 bits per heavy atom. The van der Waals surface area contributed by atoms with Crippen molar-refractivity contribution in [3.8, 4) is 0 Å². The van der Waals surface area contributed by atoms with Crippen molar-refractivity contribution in [2.45, 2.75) is 47.1 Å². The van der Waals surface area contributed by atoms with Gasteiger partial charge in [0.15, 0.2) is 0 Å². The van der Waals surface area contributed by atoms with Gasteiger partial charge in [0, 0.05) is 18.8 Å². The lowest BCUT2D eigenvalue weighted by Gasteiger charge is -2.51. The molecule has 1 heterocycles. The fraction of sp³-hybridized carbons (Fsp3) is 1.00. The Bertz CT molecular complexity index is 161. The summed E-state index contributed by atoms with van der Waals surface area (Å²) in [4.78, 5) is 0. The Morgan fingerprint density at radius 1 is 0.923 bits per heavy atom. The predicted octanol–water partition coefficient (Wildman–Crippen LogP) is 1.97. The largest absolute Gasteiger partial charge is 0.303 e. The minimum atomic E-state index is 0.208. The molecule has 1 fully saturated rings. The molecule has 13 heavy (non-hydrogen) atoms. The molecule has 1 aliphatic rings. The average Bonchev–Trinajstić information content (AvgIpc) is 2.28. The second-order valence-electron chi connectivity index (χ2n) is 6.19. The molecule has 0 aromatic rings. The lowest BCUT2D eigenvalue weighted by atomic mass is 9.60. The molecule has 0 radical (unpaired) electrons. The van der Waals surface area contributed by atoms with Crippen molar-refractivity contribution in [2.75, 3.05) is 13.2 Å². The van der Waals surface area contributed by atoms with Gasteiger partial charge in [0.25, 0.3) is 0 Å². The molecule has 1 rings (SSSR count). The minimum Gasteiger partial charge on any atom is -0.303 e. The topological polar surface area (TPSA) is 24.1 Å². The normalized spacial score (nSPS) is 23.5. The molecule has 78 valence electrons. The van der Waals surface area contributed by atoms with Crippen LogP contribution < -0.4 is 10.6 Å². The van der Waals surface area contributed by atoms with Gasteiger partial charge in [-0.3, -0.25) is 5.32 Å². The van der Waals surface area contributed by atoms with Crippen molar-refractivity contribution in [3.05, 3.63) is 0 Å². The van der Waals surface area contributed by atoms with E-state index in [1.807, 2.05) is 0 Å². The average molecular weight is 184 g/mol. The SMILES string of the molecule is CC(C)(C)C1(C(C)(C)C)CNCN1. The molecular weight excluding hydrogens is 160 g/mol. The second-order valence-corrected chi connectivity index (χ2v) is 6.19. The highest BCUT2D eigenvalue weighted by Crippen LogP contribution is 2.44. The summed E-state index contributed by atoms with van der Waals surface area (Å²) < 4.78 is 0. The molecule has 0 spiro atoms. The van der Waals surface area contributed by atoms with Crippen LogP contribution in [0.5, 0.6) is 0 Å². The third-order valence-corrected chi connectivity index (χ3v) is 3.47. The lowest BCUT2D eigenvalue weighted by Crippen LogP contribution is -2.61. The minimum absolute atomic E-state index is 0.208. The van der Waals surface area contributed by atoms with Crippen molar-refractivity contribution >= 4 is 0 Å². The summed E-state index contributed by atoms with van der Waals surface area (Å²) in [6.07, 6.45) is 0. The molecule has 0 aromatic heterocycles. The van der Waals surface area contributed by atoms with E-state index in [9.17, 15) is 0 Å². The number of nitrogens with one attached hydrogen (secondary N) is 2. The first-order chi connectivity index (χ1) is 5.71. The van der Waals surface area contributed by atoms with Gasteiger partial charge in [-0.1, -0.05) is 41.5 Å². The van der Waals surface area contributed by atoms with Gasteiger partial charge >= 0.3 is 0 Å². The van der Waals surface area contributed by atoms with Gasteiger partial charge in [0.2, 0.25) is 0 Å². The molecule has 0 atom stereocenters. The van der Waals surface area contributed by atoms with Gasteiger partial charge in [-0.2, -0.15) is 0 Å². The van der Waals surface area contributed by atoms with E-state index in [1.54, 1.807) is 0 Å². The van der Waals surface area contributed by atoms with E-state index in [4.69, 9.17) is 0 Å². The van der Waals surface area contributed by atoms with Gasteiger partial charge in [-0.05, 0) is 10.8 Å². The van der Waals surface area contributed by atoms with Gasteiger partial charge in [0.1, 0.15) is 0 Å². The summed E-state index contributed by atoms with van der Waals surface area (Å²) in [6.45, 7) is 15.9. The van der Waals surface area contributed by atoms with E-state index in [-0.39, 0.29) is 16.4 Å². The molecule has 2 heteroatoms. The summed E-state index contributed by atoms with van der Waals surface area (Å²) in [5, 5.41) is 7.05. The zero-order chi connectivity index (χ0) is 10.3. The summed E-state index contributed by atoms with van der Waals surface area (Å²) in [5.74, 6) is 0. The van der Waals surface area contributed by atoms with E-state index >= 15 is 0 Å². The number of hydrogen-bond acceptors (Lipinski definition) is 2. The van der Waals surface area contributed by atoms with Crippen LogP contribution in [0.15, 0.2) is 0 Å². The highest BCUT2D eigenvalue weighted by molar-refractivity contribution is 5.09. The van der Waals surface area contributed by atoms with Gasteiger partial charge in [-0.15, -0.1) is 0 Å². The summed E-state index contributed by atoms with van der Waals surface area (Å²) >= 11 is 0. The Labute approximate surface area is 82.5 Å². The second kappa shape index (κ2) is 2.96. The van der Waals surface area contributed by atoms with Crippen LogP contribution in [0.2, 0.25) is 0 Å². The van der Waals surface area contributed by atoms with Crippen LogP contribution in [0.4, 0.5) is 0 Å². The predicted molar refractivity (Wildman–Crippen MR) is 57.6 cm³/mol. The molecule has 0 saturated carbocycles. The lowest BCUT2D eigenvalue weighted by molar-refractivity contribution is 0.0508. The van der Waals surface area contributed by atoms with Crippen LogP contribution in [0, 0.1) is 10.8 Å². The molecule has 2 nitrogen and oxygen atoms in total. The number of hydrogen-bond donors (Lipinski definition) is 2. The molecule has 0 bridgehead atoms. The first-order valence-corrected chi connectivity index (χ1v) is 5.16. The maximum Gasteiger partial charge on any atom is 0.0460 e. The third kappa shape index (κ3) is 1.62. The summed E-state index contributed by atoms with van der Waals surface area (Å²) in [6, 6.07) is 0. The fourth-order valence-electron chi connectivity index (χ4n) is 2.71. The summed E-state index contributed by atoms with van der Waals surface area (Å²) in [7, 11) is 0. The highest BCUT2D eigenvalue weighted by Gasteiger charge is 2.51. The van der Waals surface area contributed by atoms with Crippen LogP contribution in [-0.4, -0.2) is 18.8 Å². The van der Waals surface area contributed by atoms with Gasteiger partial charge < -0.3 is 5.32 Å². The van der Waals surface area contributed by atoms with Gasteiger partial charge in [0.05, 0.1) is 0 Å². The van der Waals surface area contributed by atoms with Crippen LogP contribution in [0.25, 0.3) is 0 Å². The first-order valence-electron chi connectivity index (χ1n) is 5.16. The monoisotopic (exact) mass is 184 g/mol. The molecule has 1 saturated heterocycles. The molecule has 0 aromatic carbocycles. The van der Waals surface area contributed by atoms with Crippen LogP contribution in [0.3, 0.4) is 0 Å². The summed E-state index contributed by atoms with van der Waals surface area (Å²) in [5.41, 5.74) is 0.781. The number of rotatable bonds is 0. The molecule has 0 amide bonds. The molecule has 0 aliphatic carbocycles. The first kappa shape index (κ1) is 11.0. The quantitative estimate of drug-likeness (QED) is 0.601. The van der Waals surface area contributed by atoms with Crippen LogP contribution in [-0.2, 0) is 0 Å². The van der Waals surface area contributed by atoms with Crippen molar-refractivity contribution < 1.29 is 0 Å². The molecule has 0 unspecified atom stereocenters. The van der Waals surface area contributed by atoms with Crippen molar-refractivity contribution in [3.63, 3.8) is 0 Å². The standard InChI is InChI=1S/C11H24N2/c1-9(2,3)11(10(4,5)6)7-12-8-13-11/h12-13H,7-8H2,1-6H3. The Kier molecular flexibility index (Phi) is 2.50. The van der Waals surface area contributed by atoms with Gasteiger partial charge in [-0.25, -0.2) is 0 Å². The smallest absolute Gasteiger partial charge is 0.0460 e.